The quantitative estimate of drug-likeness (QED) is 0.648. The van der Waals surface area contributed by atoms with E-state index in [4.69, 9.17) is 0 Å². The normalized spacial score (nSPS) is 41.1. The van der Waals surface area contributed by atoms with Crippen molar-refractivity contribution in [1.82, 2.24) is 0 Å². The predicted octanol–water partition coefficient (Wildman–Crippen LogP) is 1.88. The summed E-state index contributed by atoms with van der Waals surface area (Å²) < 4.78 is 0. The van der Waals surface area contributed by atoms with Crippen molar-refractivity contribution in [3.63, 3.8) is 0 Å². The van der Waals surface area contributed by atoms with Crippen LogP contribution in [0.5, 0.6) is 0 Å². The Hall–Kier alpha value is -0.660. The minimum Gasteiger partial charge on any atom is -0.299 e. The molecule has 13 heavy (non-hydrogen) atoms. The number of hydrogen-bond acceptors (Lipinski definition) is 2. The lowest BCUT2D eigenvalue weighted by atomic mass is 9.67. The van der Waals surface area contributed by atoms with Crippen LogP contribution < -0.4 is 0 Å². The van der Waals surface area contributed by atoms with Crippen LogP contribution in [0.3, 0.4) is 0 Å². The average Bonchev–Trinajstić information content (AvgIpc) is 2.38. The van der Waals surface area contributed by atoms with Crippen molar-refractivity contribution in [3.05, 3.63) is 0 Å². The Kier molecular flexibility index (Phi) is 1.67. The van der Waals surface area contributed by atoms with Crippen LogP contribution in [0.15, 0.2) is 0 Å². The molecule has 0 N–H and O–H groups in total. The Morgan fingerprint density at radius 3 is 2.62 bits per heavy atom. The summed E-state index contributed by atoms with van der Waals surface area (Å²) in [6.07, 6.45) is 4.96. The summed E-state index contributed by atoms with van der Waals surface area (Å²) >= 11 is 0. The van der Waals surface area contributed by atoms with E-state index in [1.807, 2.05) is 6.29 Å². The van der Waals surface area contributed by atoms with Crippen LogP contribution in [0.1, 0.15) is 39.5 Å². The van der Waals surface area contributed by atoms with Gasteiger partial charge in [-0.15, -0.1) is 0 Å². The van der Waals surface area contributed by atoms with E-state index in [0.29, 0.717) is 24.5 Å². The summed E-state index contributed by atoms with van der Waals surface area (Å²) in [5.74, 6) is 0.811. The van der Waals surface area contributed by atoms with Crippen molar-refractivity contribution in [2.24, 2.45) is 16.7 Å². The van der Waals surface area contributed by atoms with Gasteiger partial charge in [-0.25, -0.2) is 0 Å². The molecule has 2 nitrogen and oxygen atoms in total. The first kappa shape index (κ1) is 8.92. The third kappa shape index (κ3) is 0.839. The van der Waals surface area contributed by atoms with Crippen LogP contribution in [0, 0.1) is 16.7 Å². The lowest BCUT2D eigenvalue weighted by molar-refractivity contribution is -0.129. The number of carbonyl (C=O) groups excluding carboxylic acids is 2. The topological polar surface area (TPSA) is 34.1 Å². The summed E-state index contributed by atoms with van der Waals surface area (Å²) in [7, 11) is 0. The minimum atomic E-state index is -0.348. The minimum absolute atomic E-state index is 0.0293. The van der Waals surface area contributed by atoms with Crippen LogP contribution in [-0.4, -0.2) is 12.1 Å². The van der Waals surface area contributed by atoms with Crippen molar-refractivity contribution < 1.29 is 9.59 Å². The zero-order chi connectivity index (χ0) is 9.69. The molecule has 2 bridgehead atoms. The Morgan fingerprint density at radius 2 is 2.23 bits per heavy atom. The summed E-state index contributed by atoms with van der Waals surface area (Å²) in [6, 6.07) is 0. The maximum atomic E-state index is 11.8. The number of hydrogen-bond donors (Lipinski definition) is 0. The smallest absolute Gasteiger partial charge is 0.199 e. The molecule has 0 spiro atoms. The van der Waals surface area contributed by atoms with Crippen LogP contribution in [0.2, 0.25) is 0 Å². The first-order valence-electron chi connectivity index (χ1n) is 4.93. The van der Waals surface area contributed by atoms with Gasteiger partial charge in [-0.05, 0) is 24.2 Å². The zero-order valence-corrected chi connectivity index (χ0v) is 8.22. The molecule has 2 fully saturated rings. The van der Waals surface area contributed by atoms with Crippen LogP contribution >= 0.6 is 0 Å². The first-order valence-corrected chi connectivity index (χ1v) is 4.93. The Morgan fingerprint density at radius 1 is 1.54 bits per heavy atom. The van der Waals surface area contributed by atoms with Crippen molar-refractivity contribution >= 4 is 12.1 Å². The lowest BCUT2D eigenvalue weighted by Crippen LogP contribution is -2.36. The van der Waals surface area contributed by atoms with Crippen molar-refractivity contribution in [2.45, 2.75) is 39.5 Å². The summed E-state index contributed by atoms with van der Waals surface area (Å²) in [4.78, 5) is 22.3. The predicted molar refractivity (Wildman–Crippen MR) is 48.9 cm³/mol. The van der Waals surface area contributed by atoms with Crippen LogP contribution in [0.25, 0.3) is 0 Å². The van der Waals surface area contributed by atoms with E-state index in [1.54, 1.807) is 0 Å². The molecular weight excluding hydrogens is 164 g/mol. The van der Waals surface area contributed by atoms with E-state index in [9.17, 15) is 9.59 Å². The molecule has 0 saturated heterocycles. The molecule has 2 unspecified atom stereocenters. The van der Waals surface area contributed by atoms with E-state index in [2.05, 4.69) is 13.8 Å². The number of rotatable bonds is 2. The average molecular weight is 179 g/mol. The fraction of sp³-hybridized carbons (Fsp3) is 0.818. The summed E-state index contributed by atoms with van der Waals surface area (Å²) in [5.41, 5.74) is -0.319. The largest absolute Gasteiger partial charge is 0.299 e. The van der Waals surface area contributed by atoms with E-state index < -0.39 is 0 Å². The van der Waals surface area contributed by atoms with E-state index in [1.165, 1.54) is 0 Å². The summed E-state index contributed by atoms with van der Waals surface area (Å²) in [5, 5.41) is 0. The van der Waals surface area contributed by atoms with Gasteiger partial charge < -0.3 is 0 Å². The number of ketones is 1. The van der Waals surface area contributed by atoms with Gasteiger partial charge in [0.15, 0.2) is 6.29 Å². The van der Waals surface area contributed by atoms with Crippen LogP contribution in [-0.2, 0) is 9.59 Å². The van der Waals surface area contributed by atoms with Gasteiger partial charge in [0, 0.05) is 18.3 Å². The molecule has 71 valence electrons. The monoisotopic (exact) mass is 179 g/mol. The van der Waals surface area contributed by atoms with Gasteiger partial charge in [-0.1, -0.05) is 13.8 Å². The molecule has 2 rings (SSSR count). The highest BCUT2D eigenvalue weighted by molar-refractivity contribution is 5.91. The maximum Gasteiger partial charge on any atom is 0.199 e. The van der Waals surface area contributed by atoms with E-state index >= 15 is 0 Å². The van der Waals surface area contributed by atoms with Gasteiger partial charge in [0.2, 0.25) is 0 Å². The Bertz CT molecular complexity index is 267. The molecule has 0 aliphatic heterocycles. The second-order valence-electron chi connectivity index (χ2n) is 4.99. The fourth-order valence-electron chi connectivity index (χ4n) is 3.31. The first-order chi connectivity index (χ1) is 6.04. The second-order valence-corrected chi connectivity index (χ2v) is 4.99. The van der Waals surface area contributed by atoms with Gasteiger partial charge in [-0.2, -0.15) is 0 Å². The van der Waals surface area contributed by atoms with Gasteiger partial charge >= 0.3 is 0 Å². The van der Waals surface area contributed by atoms with Gasteiger partial charge in [-0.3, -0.25) is 9.59 Å². The molecule has 2 saturated carbocycles. The molecule has 2 aliphatic rings. The third-order valence-corrected chi connectivity index (χ3v) is 4.51. The molecule has 0 amide bonds. The van der Waals surface area contributed by atoms with E-state index in [0.717, 1.165) is 12.8 Å². The Labute approximate surface area is 78.7 Å². The molecule has 0 aromatic carbocycles. The number of fused-ring (bicyclic) bond motifs is 2. The SMILES string of the molecule is CC1(C)C2CCC1(C[C]=O)C(=O)C2. The number of Topliss-reactive ketones (excluding diaryl/α,β-unsaturated/α-hetero) is 1. The molecule has 0 aromatic heterocycles. The lowest BCUT2D eigenvalue weighted by Gasteiger charge is -2.34. The molecule has 2 atom stereocenters. The van der Waals surface area contributed by atoms with Crippen LogP contribution in [0.4, 0.5) is 0 Å². The fourth-order valence-corrected chi connectivity index (χ4v) is 3.31. The number of carbonyl (C=O) groups is 1. The molecule has 2 heteroatoms. The molecular formula is C11H15O2. The highest BCUT2D eigenvalue weighted by Crippen LogP contribution is 2.64. The standard InChI is InChI=1S/C11H15O2/c1-10(2)8-3-4-11(10,5-6-12)9(13)7-8/h8H,3-5,7H2,1-2H3. The van der Waals surface area contributed by atoms with Crippen molar-refractivity contribution in [1.29, 1.82) is 0 Å². The van der Waals surface area contributed by atoms with Gasteiger partial charge in [0.25, 0.3) is 0 Å². The van der Waals surface area contributed by atoms with Crippen molar-refractivity contribution in [3.8, 4) is 0 Å². The van der Waals surface area contributed by atoms with Gasteiger partial charge in [0.1, 0.15) is 5.78 Å². The highest BCUT2D eigenvalue weighted by atomic mass is 16.1. The maximum absolute atomic E-state index is 11.8. The third-order valence-electron chi connectivity index (χ3n) is 4.51. The molecule has 0 aromatic rings. The highest BCUT2D eigenvalue weighted by Gasteiger charge is 2.63. The Balaban J connectivity index is 2.42. The zero-order valence-electron chi connectivity index (χ0n) is 8.22. The van der Waals surface area contributed by atoms with E-state index in [-0.39, 0.29) is 10.8 Å². The van der Waals surface area contributed by atoms with Gasteiger partial charge in [0.05, 0.1) is 0 Å². The summed E-state index contributed by atoms with van der Waals surface area (Å²) in [6.45, 7) is 4.26. The second kappa shape index (κ2) is 2.43. The van der Waals surface area contributed by atoms with Crippen molar-refractivity contribution in [2.75, 3.05) is 0 Å². The molecule has 2 aliphatic carbocycles. The molecule has 1 radical (unpaired) electrons. The molecule has 0 heterocycles.